The molecule has 1 aliphatic heterocycles. The lowest BCUT2D eigenvalue weighted by Gasteiger charge is -2.16. The third kappa shape index (κ3) is 4.54. The van der Waals surface area contributed by atoms with Crippen LogP contribution in [0.1, 0.15) is 28.8 Å². The summed E-state index contributed by atoms with van der Waals surface area (Å²) in [5, 5.41) is 5.57. The molecule has 1 fully saturated rings. The van der Waals surface area contributed by atoms with E-state index in [1.165, 1.54) is 0 Å². The number of ether oxygens (including phenoxy) is 2. The summed E-state index contributed by atoms with van der Waals surface area (Å²) < 4.78 is 10.6. The Morgan fingerprint density at radius 3 is 2.50 bits per heavy atom. The van der Waals surface area contributed by atoms with Crippen molar-refractivity contribution >= 4 is 17.6 Å². The van der Waals surface area contributed by atoms with Gasteiger partial charge in [-0.25, -0.2) is 4.79 Å². The second-order valence-electron chi connectivity index (χ2n) is 6.54. The normalized spacial score (nSPS) is 13.1. The highest BCUT2D eigenvalue weighted by Gasteiger charge is 2.19. The second kappa shape index (κ2) is 9.12. The molecular weight excluding hydrogens is 358 g/mol. The average Bonchev–Trinajstić information content (AvgIpc) is 3.26. The molecule has 1 aliphatic rings. The molecule has 0 aliphatic carbocycles. The van der Waals surface area contributed by atoms with Gasteiger partial charge in [0.05, 0.1) is 14.2 Å². The van der Waals surface area contributed by atoms with Gasteiger partial charge in [0.25, 0.3) is 5.91 Å². The second-order valence-corrected chi connectivity index (χ2v) is 6.54. The van der Waals surface area contributed by atoms with Gasteiger partial charge in [0.15, 0.2) is 11.5 Å². The zero-order valence-electron chi connectivity index (χ0n) is 16.2. The van der Waals surface area contributed by atoms with Crippen LogP contribution < -0.4 is 20.1 Å². The molecule has 0 unspecified atom stereocenters. The topological polar surface area (TPSA) is 79.9 Å². The van der Waals surface area contributed by atoms with Crippen molar-refractivity contribution in [3.05, 3.63) is 53.6 Å². The Morgan fingerprint density at radius 1 is 1.04 bits per heavy atom. The van der Waals surface area contributed by atoms with Crippen molar-refractivity contribution in [2.24, 2.45) is 0 Å². The number of nitrogens with zero attached hydrogens (tertiary/aromatic N) is 1. The molecule has 3 rings (SSSR count). The molecule has 7 heteroatoms. The summed E-state index contributed by atoms with van der Waals surface area (Å²) in [6.07, 6.45) is 2.08. The summed E-state index contributed by atoms with van der Waals surface area (Å²) in [4.78, 5) is 26.6. The van der Waals surface area contributed by atoms with E-state index < -0.39 is 0 Å². The first-order valence-corrected chi connectivity index (χ1v) is 9.26. The molecule has 148 valence electrons. The summed E-state index contributed by atoms with van der Waals surface area (Å²) >= 11 is 0. The maximum atomic E-state index is 12.5. The van der Waals surface area contributed by atoms with Gasteiger partial charge in [-0.1, -0.05) is 18.2 Å². The van der Waals surface area contributed by atoms with Crippen LogP contribution in [-0.2, 0) is 6.54 Å². The number of rotatable bonds is 6. The van der Waals surface area contributed by atoms with E-state index in [1.807, 2.05) is 17.0 Å². The lowest BCUT2D eigenvalue weighted by Crippen LogP contribution is -2.29. The minimum Gasteiger partial charge on any atom is -0.493 e. The van der Waals surface area contributed by atoms with Crippen molar-refractivity contribution in [1.29, 1.82) is 0 Å². The fourth-order valence-corrected chi connectivity index (χ4v) is 3.28. The maximum absolute atomic E-state index is 12.5. The smallest absolute Gasteiger partial charge is 0.319 e. The van der Waals surface area contributed by atoms with Gasteiger partial charge in [-0.3, -0.25) is 4.79 Å². The third-order valence-electron chi connectivity index (χ3n) is 4.68. The van der Waals surface area contributed by atoms with Gasteiger partial charge in [0.2, 0.25) is 0 Å². The molecule has 0 aromatic heterocycles. The Kier molecular flexibility index (Phi) is 6.37. The number of hydrogen-bond donors (Lipinski definition) is 2. The van der Waals surface area contributed by atoms with Crippen LogP contribution in [0.25, 0.3) is 0 Å². The van der Waals surface area contributed by atoms with Gasteiger partial charge >= 0.3 is 6.03 Å². The highest BCUT2D eigenvalue weighted by molar-refractivity contribution is 5.97. The average molecular weight is 383 g/mol. The summed E-state index contributed by atoms with van der Waals surface area (Å²) in [5.74, 6) is 1.20. The Balaban J connectivity index is 1.61. The van der Waals surface area contributed by atoms with Gasteiger partial charge in [-0.15, -0.1) is 0 Å². The van der Waals surface area contributed by atoms with Crippen LogP contribution in [0.2, 0.25) is 0 Å². The number of methoxy groups -OCH3 is 2. The zero-order valence-corrected chi connectivity index (χ0v) is 16.2. The molecule has 0 radical (unpaired) electrons. The van der Waals surface area contributed by atoms with E-state index in [0.717, 1.165) is 31.5 Å². The first-order valence-electron chi connectivity index (χ1n) is 9.26. The monoisotopic (exact) mass is 383 g/mol. The van der Waals surface area contributed by atoms with E-state index in [9.17, 15) is 9.59 Å². The molecule has 28 heavy (non-hydrogen) atoms. The van der Waals surface area contributed by atoms with E-state index in [4.69, 9.17) is 9.47 Å². The molecule has 0 saturated carbocycles. The van der Waals surface area contributed by atoms with E-state index >= 15 is 0 Å². The van der Waals surface area contributed by atoms with Crippen LogP contribution in [-0.4, -0.2) is 44.1 Å². The van der Waals surface area contributed by atoms with Crippen molar-refractivity contribution in [3.63, 3.8) is 0 Å². The number of carbonyl (C=O) groups excluding carboxylic acids is 2. The quantitative estimate of drug-likeness (QED) is 0.802. The zero-order chi connectivity index (χ0) is 19.9. The number of nitrogens with one attached hydrogen (secondary N) is 2. The Labute approximate surface area is 164 Å². The molecule has 3 amide bonds. The van der Waals surface area contributed by atoms with Crippen LogP contribution in [0.15, 0.2) is 42.5 Å². The van der Waals surface area contributed by atoms with Crippen LogP contribution in [0.5, 0.6) is 11.5 Å². The molecule has 7 nitrogen and oxygen atoms in total. The molecule has 0 atom stereocenters. The number of amides is 3. The molecule has 2 N–H and O–H groups in total. The van der Waals surface area contributed by atoms with Gasteiger partial charge in [0.1, 0.15) is 0 Å². The molecule has 1 heterocycles. The number of anilines is 1. The molecule has 0 bridgehead atoms. The van der Waals surface area contributed by atoms with Crippen molar-refractivity contribution in [2.45, 2.75) is 19.4 Å². The fraction of sp³-hybridized carbons (Fsp3) is 0.333. The molecule has 2 aromatic carbocycles. The minimum absolute atomic E-state index is 0.00248. The minimum atomic E-state index is -0.365. The molecular formula is C21H25N3O4. The Morgan fingerprint density at radius 2 is 1.79 bits per heavy atom. The van der Waals surface area contributed by atoms with Crippen LogP contribution in [0.3, 0.4) is 0 Å². The van der Waals surface area contributed by atoms with E-state index in [0.29, 0.717) is 22.7 Å². The summed E-state index contributed by atoms with van der Waals surface area (Å²) in [6, 6.07) is 12.1. The van der Waals surface area contributed by atoms with Crippen molar-refractivity contribution in [1.82, 2.24) is 10.2 Å². The lowest BCUT2D eigenvalue weighted by atomic mass is 10.1. The van der Waals surface area contributed by atoms with Crippen molar-refractivity contribution in [2.75, 3.05) is 32.6 Å². The summed E-state index contributed by atoms with van der Waals surface area (Å²) in [7, 11) is 3.13. The van der Waals surface area contributed by atoms with E-state index in [1.54, 1.807) is 44.6 Å². The fourth-order valence-electron chi connectivity index (χ4n) is 3.28. The predicted octanol–water partition coefficient (Wildman–Crippen LogP) is 3.26. The van der Waals surface area contributed by atoms with Gasteiger partial charge in [-0.05, 0) is 37.1 Å². The largest absolute Gasteiger partial charge is 0.493 e. The standard InChI is InChI=1S/C21H25N3O4/c1-27-18-10-6-8-16(19(18)28-2)14-22-21(26)23-17-9-5-7-15(13-17)20(25)24-11-3-4-12-24/h5-10,13H,3-4,11-12,14H2,1-2H3,(H2,22,23,26). The summed E-state index contributed by atoms with van der Waals surface area (Å²) in [5.41, 5.74) is 1.95. The van der Waals surface area contributed by atoms with E-state index in [2.05, 4.69) is 10.6 Å². The lowest BCUT2D eigenvalue weighted by molar-refractivity contribution is 0.0793. The number of carbonyl (C=O) groups is 2. The van der Waals surface area contributed by atoms with Gasteiger partial charge in [-0.2, -0.15) is 0 Å². The Hall–Kier alpha value is -3.22. The number of hydrogen-bond acceptors (Lipinski definition) is 4. The number of para-hydroxylation sites is 1. The number of likely N-dealkylation sites (tertiary alicyclic amines) is 1. The maximum Gasteiger partial charge on any atom is 0.319 e. The van der Waals surface area contributed by atoms with Gasteiger partial charge < -0.3 is 25.0 Å². The van der Waals surface area contributed by atoms with Crippen LogP contribution in [0.4, 0.5) is 10.5 Å². The van der Waals surface area contributed by atoms with Gasteiger partial charge in [0, 0.05) is 36.4 Å². The first kappa shape index (κ1) is 19.5. The third-order valence-corrected chi connectivity index (χ3v) is 4.68. The van der Waals surface area contributed by atoms with E-state index in [-0.39, 0.29) is 18.5 Å². The molecule has 0 spiro atoms. The van der Waals surface area contributed by atoms with Crippen molar-refractivity contribution < 1.29 is 19.1 Å². The number of urea groups is 1. The highest BCUT2D eigenvalue weighted by atomic mass is 16.5. The Bertz CT molecular complexity index is 847. The number of benzene rings is 2. The molecule has 2 aromatic rings. The predicted molar refractivity (Wildman–Crippen MR) is 107 cm³/mol. The summed E-state index contributed by atoms with van der Waals surface area (Å²) in [6.45, 7) is 1.86. The van der Waals surface area contributed by atoms with Crippen LogP contribution in [0, 0.1) is 0 Å². The molecule has 1 saturated heterocycles. The van der Waals surface area contributed by atoms with Crippen molar-refractivity contribution in [3.8, 4) is 11.5 Å². The first-order chi connectivity index (χ1) is 13.6. The highest BCUT2D eigenvalue weighted by Crippen LogP contribution is 2.30. The SMILES string of the molecule is COc1cccc(CNC(=O)Nc2cccc(C(=O)N3CCCC3)c2)c1OC. The van der Waals surface area contributed by atoms with Crippen LogP contribution >= 0.6 is 0 Å².